The lowest BCUT2D eigenvalue weighted by atomic mass is 10.2. The second-order valence-corrected chi connectivity index (χ2v) is 5.02. The van der Waals surface area contributed by atoms with Crippen LogP contribution in [-0.2, 0) is 22.7 Å². The molecule has 0 aliphatic carbocycles. The van der Waals surface area contributed by atoms with Gasteiger partial charge in [0, 0.05) is 7.05 Å². The first-order chi connectivity index (χ1) is 11.5. The molecule has 1 unspecified atom stereocenters. The zero-order valence-corrected chi connectivity index (χ0v) is 13.1. The number of aromatic nitrogens is 3. The summed E-state index contributed by atoms with van der Waals surface area (Å²) >= 11 is 0. The van der Waals surface area contributed by atoms with Crippen LogP contribution >= 0.6 is 0 Å². The standard InChI is InChI=1S/C15H18N4O5/c1-18(15(23)24-10-11-5-3-2-4-6-11)13(14(21)22)12-9-19(7-8-20)17-16-12/h2-6,9,13,20H,7-8,10H2,1H3,(H,21,22). The average molecular weight is 334 g/mol. The number of ether oxygens (including phenoxy) is 1. The normalized spacial score (nSPS) is 11.8. The van der Waals surface area contributed by atoms with E-state index in [0.29, 0.717) is 0 Å². The molecule has 2 rings (SSSR count). The molecule has 9 heteroatoms. The van der Waals surface area contributed by atoms with Crippen molar-refractivity contribution in [1.29, 1.82) is 0 Å². The van der Waals surface area contributed by atoms with Crippen LogP contribution < -0.4 is 0 Å². The molecule has 0 bridgehead atoms. The number of amides is 1. The molecule has 128 valence electrons. The van der Waals surface area contributed by atoms with Crippen LogP contribution in [0.25, 0.3) is 0 Å². The van der Waals surface area contributed by atoms with Crippen molar-refractivity contribution in [3.05, 3.63) is 47.8 Å². The molecule has 1 amide bonds. The summed E-state index contributed by atoms with van der Waals surface area (Å²) in [6.45, 7) is 0.0601. The van der Waals surface area contributed by atoms with Crippen LogP contribution in [0.2, 0.25) is 0 Å². The highest BCUT2D eigenvalue weighted by Gasteiger charge is 2.32. The molecule has 0 fully saturated rings. The Hall–Kier alpha value is -2.94. The van der Waals surface area contributed by atoms with Gasteiger partial charge in [0.05, 0.1) is 19.3 Å². The number of nitrogens with zero attached hydrogens (tertiary/aromatic N) is 4. The maximum atomic E-state index is 12.1. The van der Waals surface area contributed by atoms with Crippen molar-refractivity contribution in [3.8, 4) is 0 Å². The Morgan fingerprint density at radius 1 is 1.33 bits per heavy atom. The predicted octanol–water partition coefficient (Wildman–Crippen LogP) is 0.665. The molecule has 0 aliphatic heterocycles. The maximum absolute atomic E-state index is 12.1. The highest BCUT2D eigenvalue weighted by molar-refractivity contribution is 5.80. The summed E-state index contributed by atoms with van der Waals surface area (Å²) in [7, 11) is 1.32. The van der Waals surface area contributed by atoms with E-state index in [9.17, 15) is 14.7 Å². The van der Waals surface area contributed by atoms with Crippen molar-refractivity contribution < 1.29 is 24.5 Å². The van der Waals surface area contributed by atoms with E-state index in [-0.39, 0.29) is 25.5 Å². The molecule has 1 aromatic heterocycles. The Morgan fingerprint density at radius 2 is 2.04 bits per heavy atom. The van der Waals surface area contributed by atoms with E-state index < -0.39 is 18.1 Å². The second kappa shape index (κ2) is 8.06. The van der Waals surface area contributed by atoms with Crippen LogP contribution in [0, 0.1) is 0 Å². The minimum absolute atomic E-state index is 0.0353. The van der Waals surface area contributed by atoms with Crippen LogP contribution in [0.4, 0.5) is 4.79 Å². The van der Waals surface area contributed by atoms with E-state index in [2.05, 4.69) is 10.3 Å². The van der Waals surface area contributed by atoms with Crippen LogP contribution in [0.3, 0.4) is 0 Å². The van der Waals surface area contributed by atoms with Crippen molar-refractivity contribution in [2.24, 2.45) is 0 Å². The lowest BCUT2D eigenvalue weighted by molar-refractivity contribution is -0.142. The molecule has 9 nitrogen and oxygen atoms in total. The third kappa shape index (κ3) is 4.29. The van der Waals surface area contributed by atoms with E-state index in [1.807, 2.05) is 18.2 Å². The van der Waals surface area contributed by atoms with Gasteiger partial charge in [-0.3, -0.25) is 4.90 Å². The number of hydrogen-bond acceptors (Lipinski definition) is 6. The number of aliphatic hydroxyl groups is 1. The minimum atomic E-state index is -1.33. The number of likely N-dealkylation sites (N-methyl/N-ethyl adjacent to an activating group) is 1. The number of carbonyl (C=O) groups excluding carboxylic acids is 1. The van der Waals surface area contributed by atoms with E-state index >= 15 is 0 Å². The molecule has 0 aliphatic rings. The topological polar surface area (TPSA) is 118 Å². The highest BCUT2D eigenvalue weighted by atomic mass is 16.6. The quantitative estimate of drug-likeness (QED) is 0.764. The van der Waals surface area contributed by atoms with Gasteiger partial charge in [-0.2, -0.15) is 0 Å². The predicted molar refractivity (Wildman–Crippen MR) is 81.9 cm³/mol. The van der Waals surface area contributed by atoms with E-state index in [1.165, 1.54) is 17.9 Å². The Labute approximate surface area is 138 Å². The summed E-state index contributed by atoms with van der Waals surface area (Å²) in [6.07, 6.45) is 0.582. The van der Waals surface area contributed by atoms with Gasteiger partial charge in [0.1, 0.15) is 12.3 Å². The minimum Gasteiger partial charge on any atom is -0.479 e. The molecule has 0 saturated heterocycles. The summed E-state index contributed by atoms with van der Waals surface area (Å²) in [4.78, 5) is 24.6. The molecule has 24 heavy (non-hydrogen) atoms. The van der Waals surface area contributed by atoms with Crippen molar-refractivity contribution in [2.75, 3.05) is 13.7 Å². The van der Waals surface area contributed by atoms with Gasteiger partial charge < -0.3 is 14.9 Å². The summed E-state index contributed by atoms with van der Waals surface area (Å²) in [5.41, 5.74) is 0.870. The Kier molecular flexibility index (Phi) is 5.85. The van der Waals surface area contributed by atoms with Crippen LogP contribution in [0.5, 0.6) is 0 Å². The van der Waals surface area contributed by atoms with Gasteiger partial charge in [-0.25, -0.2) is 14.3 Å². The summed E-state index contributed by atoms with van der Waals surface area (Å²) < 4.78 is 6.43. The Morgan fingerprint density at radius 3 is 2.67 bits per heavy atom. The molecule has 2 aromatic rings. The number of carbonyl (C=O) groups is 2. The van der Waals surface area contributed by atoms with Gasteiger partial charge in [0.25, 0.3) is 0 Å². The van der Waals surface area contributed by atoms with Crippen LogP contribution in [0.1, 0.15) is 17.3 Å². The summed E-state index contributed by atoms with van der Waals surface area (Å²) in [5, 5.41) is 25.7. The highest BCUT2D eigenvalue weighted by Crippen LogP contribution is 2.18. The Balaban J connectivity index is 2.05. The Bertz CT molecular complexity index is 688. The molecule has 0 spiro atoms. The third-order valence-corrected chi connectivity index (χ3v) is 3.28. The number of aliphatic carboxylic acids is 1. The van der Waals surface area contributed by atoms with Gasteiger partial charge in [0.2, 0.25) is 0 Å². The third-order valence-electron chi connectivity index (χ3n) is 3.28. The van der Waals surface area contributed by atoms with Crippen molar-refractivity contribution in [2.45, 2.75) is 19.2 Å². The van der Waals surface area contributed by atoms with Crippen molar-refractivity contribution in [3.63, 3.8) is 0 Å². The number of hydrogen-bond donors (Lipinski definition) is 2. The number of carboxylic acid groups (broad SMARTS) is 1. The van der Waals surface area contributed by atoms with Gasteiger partial charge >= 0.3 is 12.1 Å². The smallest absolute Gasteiger partial charge is 0.410 e. The maximum Gasteiger partial charge on any atom is 0.410 e. The fourth-order valence-corrected chi connectivity index (χ4v) is 2.07. The SMILES string of the molecule is CN(C(=O)OCc1ccccc1)C(C(=O)O)c1cn(CCO)nn1. The molecule has 1 heterocycles. The second-order valence-electron chi connectivity index (χ2n) is 5.02. The van der Waals surface area contributed by atoms with E-state index in [1.54, 1.807) is 12.1 Å². The van der Waals surface area contributed by atoms with E-state index in [4.69, 9.17) is 9.84 Å². The number of rotatable bonds is 7. The number of benzene rings is 1. The van der Waals surface area contributed by atoms with Crippen molar-refractivity contribution in [1.82, 2.24) is 19.9 Å². The van der Waals surface area contributed by atoms with Gasteiger partial charge in [-0.15, -0.1) is 5.10 Å². The fourth-order valence-electron chi connectivity index (χ4n) is 2.07. The molecular formula is C15H18N4O5. The monoisotopic (exact) mass is 334 g/mol. The van der Waals surface area contributed by atoms with Gasteiger partial charge in [0.15, 0.2) is 6.04 Å². The average Bonchev–Trinajstić information content (AvgIpc) is 3.01. The lowest BCUT2D eigenvalue weighted by Crippen LogP contribution is -2.36. The first-order valence-corrected chi connectivity index (χ1v) is 7.20. The molecular weight excluding hydrogens is 316 g/mol. The molecule has 2 N–H and O–H groups in total. The van der Waals surface area contributed by atoms with E-state index in [0.717, 1.165) is 10.5 Å². The molecule has 1 atom stereocenters. The first kappa shape index (κ1) is 17.4. The van der Waals surface area contributed by atoms with Gasteiger partial charge in [-0.1, -0.05) is 35.5 Å². The number of aliphatic hydroxyl groups excluding tert-OH is 1. The fraction of sp³-hybridized carbons (Fsp3) is 0.333. The number of carboxylic acids is 1. The zero-order chi connectivity index (χ0) is 17.5. The van der Waals surface area contributed by atoms with Crippen LogP contribution in [0.15, 0.2) is 36.5 Å². The van der Waals surface area contributed by atoms with Gasteiger partial charge in [-0.05, 0) is 5.56 Å². The molecule has 0 radical (unpaired) electrons. The molecule has 1 aromatic carbocycles. The molecule has 0 saturated carbocycles. The lowest BCUT2D eigenvalue weighted by Gasteiger charge is -2.22. The van der Waals surface area contributed by atoms with Crippen LogP contribution in [-0.4, -0.2) is 55.8 Å². The summed E-state index contributed by atoms with van der Waals surface area (Å²) in [5.74, 6) is -1.26. The van der Waals surface area contributed by atoms with Crippen molar-refractivity contribution >= 4 is 12.1 Å². The largest absolute Gasteiger partial charge is 0.479 e. The summed E-state index contributed by atoms with van der Waals surface area (Å²) in [6, 6.07) is 7.72. The zero-order valence-electron chi connectivity index (χ0n) is 13.1. The first-order valence-electron chi connectivity index (χ1n) is 7.20.